The molecule has 0 unspecified atom stereocenters. The summed E-state index contributed by atoms with van der Waals surface area (Å²) in [4.78, 5) is 0. The average Bonchev–Trinajstić information content (AvgIpc) is 2.54. The Morgan fingerprint density at radius 2 is 1.24 bits per heavy atom. The van der Waals surface area contributed by atoms with Gasteiger partial charge in [0.05, 0.1) is 5.60 Å². The fourth-order valence-corrected chi connectivity index (χ4v) is 8.10. The summed E-state index contributed by atoms with van der Waals surface area (Å²) in [5, 5.41) is 12.6. The molecular weight excluding hydrogens is 324 g/mol. The molecule has 0 aliphatic carbocycles. The number of benzene rings is 2. The quantitative estimate of drug-likeness (QED) is 0.597. The van der Waals surface area contributed by atoms with Crippen molar-refractivity contribution < 1.29 is 9.53 Å². The third-order valence-corrected chi connectivity index (χ3v) is 9.71. The Kier molecular flexibility index (Phi) is 6.25. The molecule has 0 radical (unpaired) electrons. The fourth-order valence-electron chi connectivity index (χ4n) is 3.49. The minimum Gasteiger partial charge on any atom is -0.407 e. The van der Waals surface area contributed by atoms with Crippen LogP contribution < -0.4 is 10.4 Å². The molecule has 0 saturated carbocycles. The Labute approximate surface area is 154 Å². The van der Waals surface area contributed by atoms with E-state index in [-0.39, 0.29) is 5.04 Å². The van der Waals surface area contributed by atoms with E-state index in [4.69, 9.17) is 4.43 Å². The highest BCUT2D eigenvalue weighted by Crippen LogP contribution is 2.36. The summed E-state index contributed by atoms with van der Waals surface area (Å²) in [6, 6.07) is 21.4. The van der Waals surface area contributed by atoms with Gasteiger partial charge in [-0.15, -0.1) is 0 Å². The number of rotatable bonds is 7. The molecule has 3 heteroatoms. The minimum atomic E-state index is -2.43. The van der Waals surface area contributed by atoms with Crippen molar-refractivity contribution >= 4 is 18.7 Å². The summed E-state index contributed by atoms with van der Waals surface area (Å²) in [6.07, 6.45) is 1.60. The summed E-state index contributed by atoms with van der Waals surface area (Å²) in [5.74, 6) is 0. The first kappa shape index (κ1) is 19.9. The van der Waals surface area contributed by atoms with Crippen molar-refractivity contribution in [2.24, 2.45) is 0 Å². The Bertz CT molecular complexity index is 600. The van der Waals surface area contributed by atoms with Crippen molar-refractivity contribution in [1.29, 1.82) is 0 Å². The zero-order valence-corrected chi connectivity index (χ0v) is 17.3. The molecule has 0 aliphatic heterocycles. The van der Waals surface area contributed by atoms with Gasteiger partial charge < -0.3 is 9.53 Å². The smallest absolute Gasteiger partial charge is 0.261 e. The lowest BCUT2D eigenvalue weighted by molar-refractivity contribution is 0.0636. The zero-order valence-electron chi connectivity index (χ0n) is 16.3. The van der Waals surface area contributed by atoms with Crippen molar-refractivity contribution in [2.45, 2.75) is 58.1 Å². The topological polar surface area (TPSA) is 29.5 Å². The van der Waals surface area contributed by atoms with E-state index in [1.54, 1.807) is 0 Å². The first-order valence-corrected chi connectivity index (χ1v) is 11.0. The lowest BCUT2D eigenvalue weighted by Crippen LogP contribution is -2.66. The van der Waals surface area contributed by atoms with E-state index in [1.165, 1.54) is 10.4 Å². The molecule has 1 N–H and O–H groups in total. The molecule has 0 aliphatic rings. The van der Waals surface area contributed by atoms with Crippen LogP contribution in [0.1, 0.15) is 47.5 Å². The van der Waals surface area contributed by atoms with Crippen molar-refractivity contribution in [1.82, 2.24) is 0 Å². The van der Waals surface area contributed by atoms with E-state index >= 15 is 0 Å². The van der Waals surface area contributed by atoms with Crippen molar-refractivity contribution in [2.75, 3.05) is 6.61 Å². The fraction of sp³-hybridized carbons (Fsp3) is 0.455. The maximum absolute atomic E-state index is 10.00. The summed E-state index contributed by atoms with van der Waals surface area (Å²) < 4.78 is 6.79. The molecule has 0 heterocycles. The molecule has 0 amide bonds. The van der Waals surface area contributed by atoms with E-state index in [0.717, 1.165) is 12.8 Å². The highest BCUT2D eigenvalue weighted by Gasteiger charge is 2.49. The highest BCUT2D eigenvalue weighted by molar-refractivity contribution is 6.99. The summed E-state index contributed by atoms with van der Waals surface area (Å²) >= 11 is 0. The van der Waals surface area contributed by atoms with E-state index in [2.05, 4.69) is 81.4 Å². The maximum atomic E-state index is 10.00. The van der Waals surface area contributed by atoms with Gasteiger partial charge in [-0.1, -0.05) is 81.4 Å². The predicted octanol–water partition coefficient (Wildman–Crippen LogP) is 4.11. The van der Waals surface area contributed by atoms with Crippen LogP contribution in [-0.2, 0) is 4.43 Å². The molecule has 0 bridgehead atoms. The van der Waals surface area contributed by atoms with E-state index in [0.29, 0.717) is 6.61 Å². The van der Waals surface area contributed by atoms with Crippen LogP contribution in [0.2, 0.25) is 5.04 Å². The van der Waals surface area contributed by atoms with Crippen LogP contribution in [0, 0.1) is 0 Å². The zero-order chi connectivity index (χ0) is 18.6. The molecule has 0 saturated heterocycles. The number of hydrogen-bond acceptors (Lipinski definition) is 2. The number of aliphatic hydroxyl groups is 1. The van der Waals surface area contributed by atoms with Gasteiger partial charge in [0.2, 0.25) is 0 Å². The van der Waals surface area contributed by atoms with Crippen LogP contribution >= 0.6 is 0 Å². The van der Waals surface area contributed by atoms with Gasteiger partial charge in [0.1, 0.15) is 0 Å². The molecule has 0 aromatic heterocycles. The SMILES string of the molecule is CC(C)(O)CCCO[Si](c1ccccc1)(c1ccccc1)C(C)(C)C. The normalized spacial score (nSPS) is 13.0. The van der Waals surface area contributed by atoms with E-state index in [1.807, 2.05) is 13.8 Å². The third kappa shape index (κ3) is 4.81. The summed E-state index contributed by atoms with van der Waals surface area (Å²) in [5.41, 5.74) is -0.644. The van der Waals surface area contributed by atoms with Crippen LogP contribution in [-0.4, -0.2) is 25.6 Å². The maximum Gasteiger partial charge on any atom is 0.261 e. The molecule has 136 valence electrons. The predicted molar refractivity (Wildman–Crippen MR) is 109 cm³/mol. The molecule has 2 aromatic carbocycles. The largest absolute Gasteiger partial charge is 0.407 e. The number of hydrogen-bond donors (Lipinski definition) is 1. The van der Waals surface area contributed by atoms with Crippen LogP contribution in [0.15, 0.2) is 60.7 Å². The first-order chi connectivity index (χ1) is 11.7. The lowest BCUT2D eigenvalue weighted by Gasteiger charge is -2.43. The molecule has 2 rings (SSSR count). The van der Waals surface area contributed by atoms with Crippen molar-refractivity contribution in [3.05, 3.63) is 60.7 Å². The van der Waals surface area contributed by atoms with Gasteiger partial charge in [0.15, 0.2) is 0 Å². The third-order valence-electron chi connectivity index (χ3n) is 4.67. The van der Waals surface area contributed by atoms with Gasteiger partial charge in [-0.2, -0.15) is 0 Å². The Balaban J connectivity index is 2.42. The van der Waals surface area contributed by atoms with Crippen LogP contribution in [0.5, 0.6) is 0 Å². The first-order valence-electron chi connectivity index (χ1n) is 9.14. The molecule has 2 nitrogen and oxygen atoms in total. The second-order valence-corrected chi connectivity index (χ2v) is 12.7. The van der Waals surface area contributed by atoms with Gasteiger partial charge in [0, 0.05) is 6.61 Å². The second-order valence-electron chi connectivity index (χ2n) is 8.43. The van der Waals surface area contributed by atoms with Gasteiger partial charge >= 0.3 is 0 Å². The van der Waals surface area contributed by atoms with Gasteiger partial charge in [-0.3, -0.25) is 0 Å². The van der Waals surface area contributed by atoms with Gasteiger partial charge in [-0.25, -0.2) is 0 Å². The van der Waals surface area contributed by atoms with E-state index < -0.39 is 13.9 Å². The molecule has 2 aromatic rings. The van der Waals surface area contributed by atoms with Crippen molar-refractivity contribution in [3.8, 4) is 0 Å². The molecule has 0 fully saturated rings. The minimum absolute atomic E-state index is 0.00440. The average molecular weight is 357 g/mol. The molecule has 25 heavy (non-hydrogen) atoms. The lowest BCUT2D eigenvalue weighted by atomic mass is 10.0. The second kappa shape index (κ2) is 7.86. The summed E-state index contributed by atoms with van der Waals surface area (Å²) in [6.45, 7) is 11.2. The molecular formula is C22H32O2Si. The summed E-state index contributed by atoms with van der Waals surface area (Å²) in [7, 11) is -2.43. The Morgan fingerprint density at radius 3 is 1.60 bits per heavy atom. The molecule has 0 atom stereocenters. The van der Waals surface area contributed by atoms with E-state index in [9.17, 15) is 5.11 Å². The van der Waals surface area contributed by atoms with Gasteiger partial charge in [0.25, 0.3) is 8.32 Å². The van der Waals surface area contributed by atoms with Gasteiger partial charge in [-0.05, 0) is 42.1 Å². The monoisotopic (exact) mass is 356 g/mol. The highest BCUT2D eigenvalue weighted by atomic mass is 28.4. The van der Waals surface area contributed by atoms with Crippen LogP contribution in [0.4, 0.5) is 0 Å². The van der Waals surface area contributed by atoms with Crippen molar-refractivity contribution in [3.63, 3.8) is 0 Å². The molecule has 0 spiro atoms. The van der Waals surface area contributed by atoms with Crippen LogP contribution in [0.25, 0.3) is 0 Å². The van der Waals surface area contributed by atoms with Crippen LogP contribution in [0.3, 0.4) is 0 Å². The Hall–Kier alpha value is -1.42. The Morgan fingerprint density at radius 1 is 0.800 bits per heavy atom. The standard InChI is InChI=1S/C22H32O2Si/c1-21(2,3)25(19-13-8-6-9-14-19,20-15-10-7-11-16-20)24-18-12-17-22(4,5)23/h6-11,13-16,23H,12,17-18H2,1-5H3.